The third-order valence-corrected chi connectivity index (χ3v) is 1.89. The summed E-state index contributed by atoms with van der Waals surface area (Å²) in [4.78, 5) is 24.4. The van der Waals surface area contributed by atoms with E-state index in [1.54, 1.807) is 0 Å². The fourth-order valence-electron chi connectivity index (χ4n) is 0.817. The van der Waals surface area contributed by atoms with Crippen LogP contribution in [-0.2, 0) is 7.05 Å². The maximum absolute atomic E-state index is 11.2. The number of nitrogens with zero attached hydrogens (tertiary/aromatic N) is 3. The molecule has 0 N–H and O–H groups in total. The largest absolute Gasteiger partial charge is 0.370 e. The van der Waals surface area contributed by atoms with E-state index in [9.17, 15) is 14.9 Å². The Hall–Kier alpha value is -1.43. The van der Waals surface area contributed by atoms with Gasteiger partial charge in [0.1, 0.15) is 5.82 Å². The summed E-state index contributed by atoms with van der Waals surface area (Å²) in [6.07, 6.45) is 0. The molecule has 1 aromatic heterocycles. The number of hydrogen-bond donors (Lipinski definition) is 0. The van der Waals surface area contributed by atoms with E-state index in [0.717, 1.165) is 4.57 Å². The smallest absolute Gasteiger partial charge is 0.294 e. The van der Waals surface area contributed by atoms with E-state index in [-0.39, 0.29) is 5.15 Å². The van der Waals surface area contributed by atoms with Crippen molar-refractivity contribution in [1.29, 1.82) is 0 Å². The lowest BCUT2D eigenvalue weighted by atomic mass is 10.5. The van der Waals surface area contributed by atoms with E-state index in [1.807, 2.05) is 0 Å². The van der Waals surface area contributed by atoms with Crippen LogP contribution in [0.25, 0.3) is 0 Å². The van der Waals surface area contributed by atoms with E-state index >= 15 is 0 Å². The molecule has 6 nitrogen and oxygen atoms in total. The Morgan fingerprint density at radius 3 is 2.62 bits per heavy atom. The molecule has 0 spiro atoms. The number of rotatable bonds is 1. The van der Waals surface area contributed by atoms with E-state index in [2.05, 4.69) is 4.98 Å². The summed E-state index contributed by atoms with van der Waals surface area (Å²) in [5.41, 5.74) is -1.43. The molecule has 7 heteroatoms. The van der Waals surface area contributed by atoms with Crippen molar-refractivity contribution in [3.63, 3.8) is 0 Å². The van der Waals surface area contributed by atoms with Crippen LogP contribution in [0.2, 0.25) is 5.15 Å². The van der Waals surface area contributed by atoms with Gasteiger partial charge in [-0.1, -0.05) is 11.6 Å². The second-order valence-electron chi connectivity index (χ2n) is 2.42. The Morgan fingerprint density at radius 2 is 2.15 bits per heavy atom. The lowest BCUT2D eigenvalue weighted by molar-refractivity contribution is -0.386. The van der Waals surface area contributed by atoms with E-state index in [4.69, 9.17) is 11.6 Å². The lowest BCUT2D eigenvalue weighted by Crippen LogP contribution is -2.23. The third-order valence-electron chi connectivity index (χ3n) is 1.63. The zero-order valence-electron chi connectivity index (χ0n) is 6.94. The van der Waals surface area contributed by atoms with Crippen LogP contribution < -0.4 is 5.56 Å². The van der Waals surface area contributed by atoms with Crippen molar-refractivity contribution in [3.05, 3.63) is 31.4 Å². The number of nitro groups is 1. The zero-order chi connectivity index (χ0) is 10.2. The van der Waals surface area contributed by atoms with Crippen molar-refractivity contribution in [1.82, 2.24) is 9.55 Å². The summed E-state index contributed by atoms with van der Waals surface area (Å²) in [5.74, 6) is 0.334. The van der Waals surface area contributed by atoms with E-state index in [1.165, 1.54) is 14.0 Å². The Balaban J connectivity index is 3.63. The van der Waals surface area contributed by atoms with E-state index < -0.39 is 16.2 Å². The van der Waals surface area contributed by atoms with Gasteiger partial charge in [-0.2, -0.15) is 0 Å². The monoisotopic (exact) mass is 203 g/mol. The van der Waals surface area contributed by atoms with Crippen molar-refractivity contribution < 1.29 is 4.92 Å². The normalized spacial score (nSPS) is 10.1. The highest BCUT2D eigenvalue weighted by Crippen LogP contribution is 2.16. The third kappa shape index (κ3) is 1.52. The van der Waals surface area contributed by atoms with Gasteiger partial charge in [0.2, 0.25) is 5.15 Å². The first-order valence-electron chi connectivity index (χ1n) is 3.32. The average molecular weight is 204 g/mol. The van der Waals surface area contributed by atoms with Crippen LogP contribution in [-0.4, -0.2) is 14.5 Å². The lowest BCUT2D eigenvalue weighted by Gasteiger charge is -2.01. The van der Waals surface area contributed by atoms with Crippen molar-refractivity contribution in [2.75, 3.05) is 0 Å². The molecule has 0 fully saturated rings. The van der Waals surface area contributed by atoms with Crippen LogP contribution in [0, 0.1) is 17.0 Å². The molecule has 1 rings (SSSR count). The Kier molecular flexibility index (Phi) is 2.33. The Morgan fingerprint density at radius 1 is 1.62 bits per heavy atom. The van der Waals surface area contributed by atoms with Crippen LogP contribution in [0.4, 0.5) is 5.69 Å². The van der Waals surface area contributed by atoms with Crippen LogP contribution in [0.3, 0.4) is 0 Å². The summed E-state index contributed by atoms with van der Waals surface area (Å²) in [6.45, 7) is 1.54. The highest BCUT2D eigenvalue weighted by molar-refractivity contribution is 6.31. The van der Waals surface area contributed by atoms with Crippen molar-refractivity contribution in [2.24, 2.45) is 7.05 Å². The standard InChI is InChI=1S/C6H6ClN3O3/c1-3-8-5(7)4(10(12)13)6(11)9(3)2/h1-2H3. The number of halogens is 1. The average Bonchev–Trinajstić information content (AvgIpc) is 1.99. The zero-order valence-corrected chi connectivity index (χ0v) is 7.70. The predicted octanol–water partition coefficient (Wildman–Crippen LogP) is 0.650. The molecule has 0 amide bonds. The molecule has 0 bridgehead atoms. The van der Waals surface area contributed by atoms with Gasteiger partial charge in [0.05, 0.1) is 4.92 Å². The van der Waals surface area contributed by atoms with Gasteiger partial charge >= 0.3 is 11.2 Å². The summed E-state index contributed by atoms with van der Waals surface area (Å²) in [7, 11) is 1.40. The highest BCUT2D eigenvalue weighted by atomic mass is 35.5. The molecule has 0 aromatic carbocycles. The van der Waals surface area contributed by atoms with Crippen LogP contribution in [0.15, 0.2) is 4.79 Å². The molecule has 13 heavy (non-hydrogen) atoms. The molecule has 0 radical (unpaired) electrons. The molecule has 0 atom stereocenters. The molecule has 0 saturated heterocycles. The minimum atomic E-state index is -0.836. The number of aromatic nitrogens is 2. The van der Waals surface area contributed by atoms with E-state index in [0.29, 0.717) is 5.82 Å². The van der Waals surface area contributed by atoms with Gasteiger partial charge in [0.25, 0.3) is 0 Å². The van der Waals surface area contributed by atoms with Gasteiger partial charge in [0, 0.05) is 7.05 Å². The molecule has 1 heterocycles. The van der Waals surface area contributed by atoms with Gasteiger partial charge in [-0.05, 0) is 6.92 Å². The van der Waals surface area contributed by atoms with Gasteiger partial charge in [0.15, 0.2) is 0 Å². The second kappa shape index (κ2) is 3.14. The van der Waals surface area contributed by atoms with Crippen LogP contribution in [0.1, 0.15) is 5.82 Å². The topological polar surface area (TPSA) is 78.0 Å². The van der Waals surface area contributed by atoms with Crippen molar-refractivity contribution in [2.45, 2.75) is 6.92 Å². The predicted molar refractivity (Wildman–Crippen MR) is 45.9 cm³/mol. The summed E-state index contributed by atoms with van der Waals surface area (Å²) in [5, 5.41) is 10.0. The minimum Gasteiger partial charge on any atom is -0.294 e. The Bertz CT molecular complexity index is 426. The molecular weight excluding hydrogens is 198 g/mol. The summed E-state index contributed by atoms with van der Waals surface area (Å²) >= 11 is 5.44. The first-order valence-corrected chi connectivity index (χ1v) is 3.70. The second-order valence-corrected chi connectivity index (χ2v) is 2.78. The molecule has 70 valence electrons. The highest BCUT2D eigenvalue weighted by Gasteiger charge is 2.21. The maximum atomic E-state index is 11.2. The molecule has 0 aliphatic carbocycles. The molecular formula is C6H6ClN3O3. The van der Waals surface area contributed by atoms with Crippen molar-refractivity contribution in [3.8, 4) is 0 Å². The fourth-order valence-corrected chi connectivity index (χ4v) is 1.09. The molecule has 0 saturated carbocycles. The van der Waals surface area contributed by atoms with Gasteiger partial charge in [-0.3, -0.25) is 19.5 Å². The molecule has 0 unspecified atom stereocenters. The van der Waals surface area contributed by atoms with Gasteiger partial charge in [-0.25, -0.2) is 4.98 Å². The first-order chi connectivity index (χ1) is 5.95. The minimum absolute atomic E-state index is 0.334. The Labute approximate surface area is 77.9 Å². The van der Waals surface area contributed by atoms with Gasteiger partial charge in [-0.15, -0.1) is 0 Å². The van der Waals surface area contributed by atoms with Crippen molar-refractivity contribution >= 4 is 17.3 Å². The summed E-state index contributed by atoms with van der Waals surface area (Å²) in [6, 6.07) is 0. The number of hydrogen-bond acceptors (Lipinski definition) is 4. The SMILES string of the molecule is Cc1nc(Cl)c([N+](=O)[O-])c(=O)n1C. The van der Waals surface area contributed by atoms with Gasteiger partial charge < -0.3 is 0 Å². The molecule has 0 aliphatic rings. The molecule has 0 aliphatic heterocycles. The number of aryl methyl sites for hydroxylation is 1. The molecule has 1 aromatic rings. The summed E-state index contributed by atoms with van der Waals surface area (Å²) < 4.78 is 1.07. The van der Waals surface area contributed by atoms with Crippen LogP contribution in [0.5, 0.6) is 0 Å². The first kappa shape index (κ1) is 9.66. The quantitative estimate of drug-likeness (QED) is 0.381. The maximum Gasteiger partial charge on any atom is 0.370 e. The van der Waals surface area contributed by atoms with Crippen LogP contribution >= 0.6 is 11.6 Å². The fraction of sp³-hybridized carbons (Fsp3) is 0.333.